The summed E-state index contributed by atoms with van der Waals surface area (Å²) in [5.74, 6) is -1.01. The molecule has 2 aliphatic rings. The summed E-state index contributed by atoms with van der Waals surface area (Å²) in [5, 5.41) is 12.5. The molecule has 0 spiro atoms. The number of carboxylic acids is 1. The zero-order valence-electron chi connectivity index (χ0n) is 22.6. The van der Waals surface area contributed by atoms with Crippen molar-refractivity contribution < 1.29 is 33.6 Å². The second-order valence-electron chi connectivity index (χ2n) is 9.29. The second kappa shape index (κ2) is 12.8. The number of aliphatic imine (C=N–C) groups is 1. The molecular formula is C30H34N2O7. The molecule has 1 aliphatic heterocycles. The highest BCUT2D eigenvalue weighted by atomic mass is 16.5. The zero-order valence-corrected chi connectivity index (χ0v) is 22.6. The van der Waals surface area contributed by atoms with Crippen molar-refractivity contribution in [1.29, 1.82) is 0 Å². The number of carbonyl (C=O) groups excluding carboxylic acids is 1. The third kappa shape index (κ3) is 6.27. The van der Waals surface area contributed by atoms with Gasteiger partial charge in [-0.25, -0.2) is 9.79 Å². The van der Waals surface area contributed by atoms with Crippen LogP contribution in [0.15, 0.2) is 70.9 Å². The van der Waals surface area contributed by atoms with Gasteiger partial charge in [0, 0.05) is 44.8 Å². The Labute approximate surface area is 228 Å². The fourth-order valence-electron chi connectivity index (χ4n) is 4.90. The van der Waals surface area contributed by atoms with Crippen LogP contribution in [-0.4, -0.2) is 69.4 Å². The number of ether oxygens (including phenoxy) is 4. The molecule has 0 fully saturated rings. The van der Waals surface area contributed by atoms with Gasteiger partial charge in [0.15, 0.2) is 0 Å². The normalized spacial score (nSPS) is 19.2. The topological polar surface area (TPSA) is 116 Å². The lowest BCUT2D eigenvalue weighted by Crippen LogP contribution is -2.46. The van der Waals surface area contributed by atoms with Crippen molar-refractivity contribution in [2.45, 2.75) is 38.0 Å². The maximum absolute atomic E-state index is 13.0. The molecule has 0 radical (unpaired) electrons. The number of allylic oxidation sites excluding steroid dienone is 1. The summed E-state index contributed by atoms with van der Waals surface area (Å²) >= 11 is 0. The molecule has 2 unspecified atom stereocenters. The Morgan fingerprint density at radius 2 is 1.82 bits per heavy atom. The fraction of sp³-hybridized carbons (Fsp3) is 0.367. The first-order chi connectivity index (χ1) is 18.9. The Hall–Kier alpha value is -3.79. The maximum Gasteiger partial charge on any atom is 0.326 e. The van der Waals surface area contributed by atoms with Crippen LogP contribution in [0, 0.1) is 0 Å². The summed E-state index contributed by atoms with van der Waals surface area (Å²) in [4.78, 5) is 29.5. The molecule has 0 saturated heterocycles. The van der Waals surface area contributed by atoms with Gasteiger partial charge in [-0.2, -0.15) is 0 Å². The molecule has 2 aromatic rings. The van der Waals surface area contributed by atoms with E-state index in [1.54, 1.807) is 20.3 Å². The third-order valence-electron chi connectivity index (χ3n) is 6.85. The molecule has 39 heavy (non-hydrogen) atoms. The minimum absolute atomic E-state index is 0.0987. The Balaban J connectivity index is 1.50. The van der Waals surface area contributed by atoms with Gasteiger partial charge >= 0.3 is 5.97 Å². The summed E-state index contributed by atoms with van der Waals surface area (Å²) in [6.07, 6.45) is 1.92. The van der Waals surface area contributed by atoms with Crippen LogP contribution in [0.5, 0.6) is 0 Å². The van der Waals surface area contributed by atoms with E-state index in [1.807, 2.05) is 55.5 Å². The Bertz CT molecular complexity index is 1300. The highest BCUT2D eigenvalue weighted by Crippen LogP contribution is 2.36. The molecule has 1 aliphatic carbocycles. The molecule has 2 aromatic carbocycles. The smallest absolute Gasteiger partial charge is 0.326 e. The molecule has 9 heteroatoms. The van der Waals surface area contributed by atoms with Crippen molar-refractivity contribution in [3.8, 4) is 0 Å². The largest absolute Gasteiger partial charge is 0.496 e. The molecule has 0 aromatic heterocycles. The van der Waals surface area contributed by atoms with Crippen molar-refractivity contribution in [2.75, 3.05) is 34.5 Å². The monoisotopic (exact) mass is 534 g/mol. The number of benzene rings is 2. The van der Waals surface area contributed by atoms with E-state index in [0.29, 0.717) is 31.1 Å². The van der Waals surface area contributed by atoms with Crippen molar-refractivity contribution in [3.05, 3.63) is 82.6 Å². The lowest BCUT2D eigenvalue weighted by molar-refractivity contribution is -0.141. The molecule has 3 atom stereocenters. The van der Waals surface area contributed by atoms with Crippen LogP contribution in [0.4, 0.5) is 5.69 Å². The number of hydrogen-bond donors (Lipinski definition) is 2. The molecule has 2 N–H and O–H groups in total. The molecule has 206 valence electrons. The quantitative estimate of drug-likeness (QED) is 0.423. The SMILES string of the molecule is CCOCC1=CC(OC)=C(c2ccc(C[C@H](NC(=O)C3=Nc4ccccc4C3OC)C(=O)O)cc2)C(OC)C1. The van der Waals surface area contributed by atoms with E-state index in [2.05, 4.69) is 10.3 Å². The molecular weight excluding hydrogens is 500 g/mol. The number of amides is 1. The molecule has 1 heterocycles. The van der Waals surface area contributed by atoms with Crippen LogP contribution in [0.25, 0.3) is 5.57 Å². The molecule has 0 bridgehead atoms. The van der Waals surface area contributed by atoms with Gasteiger partial charge in [0.05, 0.1) is 25.5 Å². The number of nitrogens with zero attached hydrogens (tertiary/aromatic N) is 1. The van der Waals surface area contributed by atoms with Crippen LogP contribution in [0.2, 0.25) is 0 Å². The van der Waals surface area contributed by atoms with Crippen molar-refractivity contribution in [2.24, 2.45) is 4.99 Å². The number of carboxylic acid groups (broad SMARTS) is 1. The van der Waals surface area contributed by atoms with E-state index in [0.717, 1.165) is 27.8 Å². The second-order valence-corrected chi connectivity index (χ2v) is 9.29. The van der Waals surface area contributed by atoms with Gasteiger partial charge in [-0.05, 0) is 35.8 Å². The number of aliphatic carboxylic acids is 1. The van der Waals surface area contributed by atoms with E-state index in [4.69, 9.17) is 18.9 Å². The van der Waals surface area contributed by atoms with E-state index in [-0.39, 0.29) is 18.2 Å². The Morgan fingerprint density at radius 3 is 2.46 bits per heavy atom. The first kappa shape index (κ1) is 28.2. The summed E-state index contributed by atoms with van der Waals surface area (Å²) in [7, 11) is 4.78. The minimum Gasteiger partial charge on any atom is -0.496 e. The van der Waals surface area contributed by atoms with Gasteiger partial charge in [-0.1, -0.05) is 42.5 Å². The Kier molecular flexibility index (Phi) is 9.29. The minimum atomic E-state index is -1.15. The standard InChI is InChI=1S/C30H34N2O7/c1-5-39-17-19-15-24(36-2)26(25(16-19)37-3)20-12-10-18(11-13-20)14-23(30(34)35)32-29(33)27-28(38-4)21-8-6-7-9-22(21)31-27/h6-13,15,23,25,28H,5,14,16-17H2,1-4H3,(H,32,33)(H,34,35)/t23-,25?,28?/m0/s1. The van der Waals surface area contributed by atoms with E-state index in [1.165, 1.54) is 7.11 Å². The average Bonchev–Trinajstić information content (AvgIpc) is 3.34. The highest BCUT2D eigenvalue weighted by molar-refractivity contribution is 6.42. The number of para-hydroxylation sites is 1. The molecule has 0 saturated carbocycles. The lowest BCUT2D eigenvalue weighted by Gasteiger charge is -2.27. The predicted molar refractivity (Wildman–Crippen MR) is 147 cm³/mol. The van der Waals surface area contributed by atoms with Crippen LogP contribution in [-0.2, 0) is 35.0 Å². The number of methoxy groups -OCH3 is 3. The zero-order chi connectivity index (χ0) is 27.9. The number of hydrogen-bond acceptors (Lipinski definition) is 7. The Morgan fingerprint density at radius 1 is 1.08 bits per heavy atom. The third-order valence-corrected chi connectivity index (χ3v) is 6.85. The van der Waals surface area contributed by atoms with E-state index < -0.39 is 24.0 Å². The van der Waals surface area contributed by atoms with E-state index in [9.17, 15) is 14.7 Å². The average molecular weight is 535 g/mol. The summed E-state index contributed by atoms with van der Waals surface area (Å²) in [5.41, 5.74) is 5.22. The van der Waals surface area contributed by atoms with Crippen LogP contribution in [0.1, 0.15) is 36.1 Å². The van der Waals surface area contributed by atoms with Crippen molar-refractivity contribution in [1.82, 2.24) is 5.32 Å². The lowest BCUT2D eigenvalue weighted by atomic mass is 9.88. The summed E-state index contributed by atoms with van der Waals surface area (Å²) in [6, 6.07) is 13.7. The van der Waals surface area contributed by atoms with Gasteiger partial charge in [-0.3, -0.25) is 4.79 Å². The number of carbonyl (C=O) groups is 2. The van der Waals surface area contributed by atoms with Gasteiger partial charge in [0.2, 0.25) is 0 Å². The molecule has 4 rings (SSSR count). The van der Waals surface area contributed by atoms with Crippen molar-refractivity contribution in [3.63, 3.8) is 0 Å². The molecule has 9 nitrogen and oxygen atoms in total. The highest BCUT2D eigenvalue weighted by Gasteiger charge is 2.34. The first-order valence-electron chi connectivity index (χ1n) is 12.8. The summed E-state index contributed by atoms with van der Waals surface area (Å²) < 4.78 is 22.5. The molecule has 1 amide bonds. The van der Waals surface area contributed by atoms with Gasteiger partial charge in [-0.15, -0.1) is 0 Å². The van der Waals surface area contributed by atoms with E-state index >= 15 is 0 Å². The number of nitrogens with one attached hydrogen (secondary N) is 1. The van der Waals surface area contributed by atoms with Crippen LogP contribution >= 0.6 is 0 Å². The predicted octanol–water partition coefficient (Wildman–Crippen LogP) is 4.01. The van der Waals surface area contributed by atoms with Gasteiger partial charge in [0.1, 0.15) is 23.6 Å². The van der Waals surface area contributed by atoms with Gasteiger partial charge < -0.3 is 29.4 Å². The fourth-order valence-corrected chi connectivity index (χ4v) is 4.90. The van der Waals surface area contributed by atoms with Crippen molar-refractivity contribution >= 4 is 28.8 Å². The first-order valence-corrected chi connectivity index (χ1v) is 12.8. The number of rotatable bonds is 12. The van der Waals surface area contributed by atoms with Crippen LogP contribution in [0.3, 0.4) is 0 Å². The van der Waals surface area contributed by atoms with Crippen LogP contribution < -0.4 is 5.32 Å². The number of fused-ring (bicyclic) bond motifs is 1. The van der Waals surface area contributed by atoms with Gasteiger partial charge in [0.25, 0.3) is 5.91 Å². The summed E-state index contributed by atoms with van der Waals surface area (Å²) in [6.45, 7) is 3.10. The maximum atomic E-state index is 13.0.